The van der Waals surface area contributed by atoms with Crippen LogP contribution in [-0.4, -0.2) is 89.9 Å². The van der Waals surface area contributed by atoms with Crippen LogP contribution in [0.2, 0.25) is 0 Å². The topological polar surface area (TPSA) is 199 Å². The molecule has 204 valence electrons. The molecule has 1 aliphatic rings. The standard InChI is InChI=1S/C21H26ClN3O12/c1-8(26)33-7-13-15(34-9(2)27)16(35-10(3)28)17(36-11(4)29)20(37-13)23-18-14(12(30)6-22)19(31)25-21(24-18)32-5/h13,15-17,20H,6-7H2,1-5H3,(H2,23,24,25,31)/t13-,15-,16-,17-,20+/m0/s1. The van der Waals surface area contributed by atoms with Crippen molar-refractivity contribution in [2.45, 2.75) is 58.3 Å². The second kappa shape index (κ2) is 13.0. The van der Waals surface area contributed by atoms with Crippen molar-refractivity contribution in [3.8, 4) is 6.01 Å². The van der Waals surface area contributed by atoms with E-state index >= 15 is 0 Å². The summed E-state index contributed by atoms with van der Waals surface area (Å²) in [5.41, 5.74) is -1.39. The molecule has 1 fully saturated rings. The van der Waals surface area contributed by atoms with E-state index in [9.17, 15) is 28.8 Å². The van der Waals surface area contributed by atoms with Gasteiger partial charge in [0.25, 0.3) is 11.6 Å². The van der Waals surface area contributed by atoms with Crippen LogP contribution in [0, 0.1) is 0 Å². The number of nitrogens with one attached hydrogen (secondary N) is 2. The van der Waals surface area contributed by atoms with E-state index in [1.807, 2.05) is 0 Å². The third-order valence-electron chi connectivity index (χ3n) is 4.76. The molecule has 2 rings (SSSR count). The number of hydrogen-bond acceptors (Lipinski definition) is 14. The normalized spacial score (nSPS) is 22.8. The Kier molecular flexibility index (Phi) is 10.4. The predicted octanol–water partition coefficient (Wildman–Crippen LogP) is -0.305. The van der Waals surface area contributed by atoms with Gasteiger partial charge in [0.1, 0.15) is 24.1 Å². The number of carbonyl (C=O) groups excluding carboxylic acids is 5. The van der Waals surface area contributed by atoms with Gasteiger partial charge in [-0.2, -0.15) is 4.98 Å². The summed E-state index contributed by atoms with van der Waals surface area (Å²) in [6.07, 6.45) is -7.13. The van der Waals surface area contributed by atoms with E-state index in [0.29, 0.717) is 0 Å². The molecule has 0 saturated carbocycles. The van der Waals surface area contributed by atoms with Crippen LogP contribution in [0.5, 0.6) is 6.01 Å². The Balaban J connectivity index is 2.64. The summed E-state index contributed by atoms with van der Waals surface area (Å²) in [4.78, 5) is 78.4. The maximum atomic E-state index is 12.5. The van der Waals surface area contributed by atoms with E-state index in [4.69, 9.17) is 40.0 Å². The van der Waals surface area contributed by atoms with E-state index < -0.39 is 83.9 Å². The van der Waals surface area contributed by atoms with Gasteiger partial charge in [0, 0.05) is 27.7 Å². The third kappa shape index (κ3) is 7.88. The van der Waals surface area contributed by atoms with Crippen molar-refractivity contribution in [2.75, 3.05) is 24.9 Å². The molecule has 1 aliphatic heterocycles. The van der Waals surface area contributed by atoms with E-state index in [2.05, 4.69) is 15.3 Å². The van der Waals surface area contributed by atoms with Gasteiger partial charge in [-0.25, -0.2) is 0 Å². The smallest absolute Gasteiger partial charge is 0.303 e. The van der Waals surface area contributed by atoms with Crippen molar-refractivity contribution in [1.82, 2.24) is 9.97 Å². The van der Waals surface area contributed by atoms with Gasteiger partial charge < -0.3 is 33.7 Å². The number of carbonyl (C=O) groups is 5. The molecule has 0 radical (unpaired) electrons. The maximum absolute atomic E-state index is 12.5. The molecule has 5 atom stereocenters. The van der Waals surface area contributed by atoms with Crippen molar-refractivity contribution in [3.05, 3.63) is 15.9 Å². The number of ether oxygens (including phenoxy) is 6. The molecule has 0 aromatic carbocycles. The van der Waals surface area contributed by atoms with Crippen molar-refractivity contribution in [1.29, 1.82) is 0 Å². The Morgan fingerprint density at radius 2 is 1.51 bits per heavy atom. The Morgan fingerprint density at radius 3 is 2.03 bits per heavy atom. The zero-order chi connectivity index (χ0) is 27.9. The zero-order valence-corrected chi connectivity index (χ0v) is 21.3. The molecule has 16 heteroatoms. The summed E-state index contributed by atoms with van der Waals surface area (Å²) >= 11 is 5.64. The second-order valence-corrected chi connectivity index (χ2v) is 7.89. The molecule has 0 unspecified atom stereocenters. The first kappa shape index (κ1) is 29.5. The van der Waals surface area contributed by atoms with Crippen molar-refractivity contribution in [2.24, 2.45) is 0 Å². The molecule has 37 heavy (non-hydrogen) atoms. The number of esters is 4. The fourth-order valence-electron chi connectivity index (χ4n) is 3.46. The summed E-state index contributed by atoms with van der Waals surface area (Å²) in [5.74, 6) is -4.94. The number of H-pyrrole nitrogens is 1. The van der Waals surface area contributed by atoms with E-state index in [1.165, 1.54) is 7.11 Å². The number of halogens is 1. The highest BCUT2D eigenvalue weighted by Gasteiger charge is 2.52. The average Bonchev–Trinajstić information content (AvgIpc) is 2.80. The summed E-state index contributed by atoms with van der Waals surface area (Å²) < 4.78 is 31.8. The molecule has 1 saturated heterocycles. The predicted molar refractivity (Wildman–Crippen MR) is 122 cm³/mol. The number of anilines is 1. The first-order chi connectivity index (χ1) is 17.4. The van der Waals surface area contributed by atoms with Gasteiger partial charge in [-0.15, -0.1) is 11.6 Å². The lowest BCUT2D eigenvalue weighted by molar-refractivity contribution is -0.247. The summed E-state index contributed by atoms with van der Waals surface area (Å²) in [5, 5.41) is 2.67. The van der Waals surface area contributed by atoms with E-state index in [0.717, 1.165) is 27.7 Å². The number of methoxy groups -OCH3 is 1. The van der Waals surface area contributed by atoms with Crippen molar-refractivity contribution < 1.29 is 52.4 Å². The molecule has 0 spiro atoms. The van der Waals surface area contributed by atoms with Gasteiger partial charge in [0.15, 0.2) is 30.3 Å². The van der Waals surface area contributed by atoms with Crippen LogP contribution < -0.4 is 15.6 Å². The Labute approximate surface area is 215 Å². The van der Waals surface area contributed by atoms with Crippen LogP contribution in [0.15, 0.2) is 4.79 Å². The fourth-order valence-corrected chi connectivity index (χ4v) is 3.59. The van der Waals surface area contributed by atoms with Crippen LogP contribution >= 0.6 is 11.6 Å². The quantitative estimate of drug-likeness (QED) is 0.167. The molecule has 0 amide bonds. The van der Waals surface area contributed by atoms with Crippen LogP contribution in [0.3, 0.4) is 0 Å². The number of aromatic amines is 1. The molecule has 1 aromatic rings. The molecule has 15 nitrogen and oxygen atoms in total. The SMILES string of the molecule is COc1nc(N[C@@H]2O[C@@H](COC(C)=O)[C@H](OC(C)=O)[C@H](OC(C)=O)[C@@H]2OC(C)=O)c(C(=O)CCl)c(=O)[nH]1. The second-order valence-electron chi connectivity index (χ2n) is 7.62. The monoisotopic (exact) mass is 547 g/mol. The van der Waals surface area contributed by atoms with Crippen LogP contribution in [0.4, 0.5) is 5.82 Å². The highest BCUT2D eigenvalue weighted by Crippen LogP contribution is 2.30. The zero-order valence-electron chi connectivity index (χ0n) is 20.5. The third-order valence-corrected chi connectivity index (χ3v) is 5.00. The van der Waals surface area contributed by atoms with Crippen LogP contribution in [0.1, 0.15) is 38.1 Å². The highest BCUT2D eigenvalue weighted by molar-refractivity contribution is 6.31. The molecular formula is C21H26ClN3O12. The van der Waals surface area contributed by atoms with E-state index in [-0.39, 0.29) is 11.8 Å². The lowest BCUT2D eigenvalue weighted by Gasteiger charge is -2.44. The molecule has 0 aliphatic carbocycles. The van der Waals surface area contributed by atoms with Crippen LogP contribution in [0.25, 0.3) is 0 Å². The lowest BCUT2D eigenvalue weighted by Crippen LogP contribution is -2.64. The van der Waals surface area contributed by atoms with Crippen LogP contribution in [-0.2, 0) is 42.9 Å². The van der Waals surface area contributed by atoms with Crippen molar-refractivity contribution in [3.63, 3.8) is 0 Å². The van der Waals surface area contributed by atoms with Gasteiger partial charge in [0.05, 0.1) is 13.0 Å². The minimum atomic E-state index is -1.51. The number of Topliss-reactive ketones (excluding diaryl/α,β-unsaturated/α-hetero) is 1. The first-order valence-corrected chi connectivity index (χ1v) is 11.3. The van der Waals surface area contributed by atoms with Gasteiger partial charge in [-0.1, -0.05) is 0 Å². The number of alkyl halides is 1. The van der Waals surface area contributed by atoms with Gasteiger partial charge in [-0.3, -0.25) is 33.8 Å². The van der Waals surface area contributed by atoms with Gasteiger partial charge >= 0.3 is 23.9 Å². The highest BCUT2D eigenvalue weighted by atomic mass is 35.5. The van der Waals surface area contributed by atoms with Gasteiger partial charge in [0.2, 0.25) is 0 Å². The summed E-state index contributed by atoms with van der Waals surface area (Å²) in [7, 11) is 1.21. The Bertz CT molecular complexity index is 1110. The number of nitrogens with zero attached hydrogens (tertiary/aromatic N) is 1. The minimum Gasteiger partial charge on any atom is -0.468 e. The maximum Gasteiger partial charge on any atom is 0.303 e. The fraction of sp³-hybridized carbons (Fsp3) is 0.571. The first-order valence-electron chi connectivity index (χ1n) is 10.7. The average molecular weight is 548 g/mol. The largest absolute Gasteiger partial charge is 0.468 e. The summed E-state index contributed by atoms with van der Waals surface area (Å²) in [6.45, 7) is 3.85. The molecule has 0 bridgehead atoms. The molecular weight excluding hydrogens is 522 g/mol. The molecule has 1 aromatic heterocycles. The molecule has 2 heterocycles. The van der Waals surface area contributed by atoms with Crippen molar-refractivity contribution >= 4 is 47.1 Å². The number of ketones is 1. The number of hydrogen-bond donors (Lipinski definition) is 2. The lowest BCUT2D eigenvalue weighted by atomic mass is 9.97. The summed E-state index contributed by atoms with van der Waals surface area (Å²) in [6, 6.07) is -0.288. The molecule has 2 N–H and O–H groups in total. The number of aromatic nitrogens is 2. The number of rotatable bonds is 10. The van der Waals surface area contributed by atoms with Gasteiger partial charge in [-0.05, 0) is 0 Å². The Morgan fingerprint density at radius 1 is 0.946 bits per heavy atom. The Hall–Kier alpha value is -3.72. The minimum absolute atomic E-state index is 0.288. The van der Waals surface area contributed by atoms with E-state index in [1.54, 1.807) is 0 Å².